The normalized spacial score (nSPS) is 16.8. The Bertz CT molecular complexity index is 1370. The highest BCUT2D eigenvalue weighted by Gasteiger charge is 2.40. The SMILES string of the molecule is Cc1ccc(NC(=O)c2ccnc(C(F)(F)F)n2)cc1-c1ccc2c(c1)OC1(CCOCC1)CC(=O)N2. The smallest absolute Gasteiger partial charge is 0.451 e. The third kappa shape index (κ3) is 5.26. The Labute approximate surface area is 210 Å². The first-order valence-corrected chi connectivity index (χ1v) is 11.7. The molecule has 0 aliphatic carbocycles. The van der Waals surface area contributed by atoms with E-state index in [1.54, 1.807) is 24.3 Å². The summed E-state index contributed by atoms with van der Waals surface area (Å²) in [6.07, 6.45) is -2.43. The molecule has 0 unspecified atom stereocenters. The van der Waals surface area contributed by atoms with E-state index in [1.165, 1.54) is 0 Å². The zero-order valence-electron chi connectivity index (χ0n) is 19.8. The quantitative estimate of drug-likeness (QED) is 0.513. The molecule has 1 spiro atoms. The van der Waals surface area contributed by atoms with Crippen molar-refractivity contribution >= 4 is 23.2 Å². The van der Waals surface area contributed by atoms with Crippen molar-refractivity contribution in [3.8, 4) is 16.9 Å². The predicted octanol–water partition coefficient (Wildman–Crippen LogP) is 4.99. The van der Waals surface area contributed by atoms with Crippen molar-refractivity contribution in [2.75, 3.05) is 23.8 Å². The topological polar surface area (TPSA) is 102 Å². The van der Waals surface area contributed by atoms with E-state index < -0.39 is 29.2 Å². The zero-order valence-corrected chi connectivity index (χ0v) is 19.8. The average molecular weight is 512 g/mol. The number of rotatable bonds is 3. The van der Waals surface area contributed by atoms with Gasteiger partial charge in [-0.25, -0.2) is 9.97 Å². The molecule has 3 aromatic rings. The summed E-state index contributed by atoms with van der Waals surface area (Å²) in [5.74, 6) is -1.76. The molecule has 8 nitrogen and oxygen atoms in total. The van der Waals surface area contributed by atoms with Crippen molar-refractivity contribution in [1.29, 1.82) is 0 Å². The number of carbonyl (C=O) groups excluding carboxylic acids is 2. The summed E-state index contributed by atoms with van der Waals surface area (Å²) >= 11 is 0. The fraction of sp³-hybridized carbons (Fsp3) is 0.308. The predicted molar refractivity (Wildman–Crippen MR) is 128 cm³/mol. The van der Waals surface area contributed by atoms with Gasteiger partial charge in [-0.1, -0.05) is 12.1 Å². The van der Waals surface area contributed by atoms with E-state index >= 15 is 0 Å². The molecule has 3 heterocycles. The van der Waals surface area contributed by atoms with Gasteiger partial charge in [0.05, 0.1) is 25.3 Å². The lowest BCUT2D eigenvalue weighted by atomic mass is 9.90. The Balaban J connectivity index is 1.43. The monoisotopic (exact) mass is 512 g/mol. The lowest BCUT2D eigenvalue weighted by Gasteiger charge is -2.35. The van der Waals surface area contributed by atoms with Crippen LogP contribution in [0.15, 0.2) is 48.7 Å². The number of aryl methyl sites for hydroxylation is 1. The van der Waals surface area contributed by atoms with E-state index in [4.69, 9.17) is 9.47 Å². The maximum atomic E-state index is 12.9. The van der Waals surface area contributed by atoms with Crippen LogP contribution in [0, 0.1) is 6.92 Å². The molecule has 0 bridgehead atoms. The Morgan fingerprint density at radius 2 is 1.89 bits per heavy atom. The number of amides is 2. The summed E-state index contributed by atoms with van der Waals surface area (Å²) in [5.41, 5.74) is 2.38. The van der Waals surface area contributed by atoms with Gasteiger partial charge in [0.15, 0.2) is 0 Å². The van der Waals surface area contributed by atoms with E-state index in [1.807, 2.05) is 19.1 Å². The zero-order chi connectivity index (χ0) is 26.2. The molecule has 0 saturated carbocycles. The summed E-state index contributed by atoms with van der Waals surface area (Å²) < 4.78 is 50.7. The number of benzene rings is 2. The third-order valence-corrected chi connectivity index (χ3v) is 6.42. The Morgan fingerprint density at radius 3 is 2.65 bits per heavy atom. The van der Waals surface area contributed by atoms with Crippen LogP contribution in [-0.4, -0.2) is 40.6 Å². The molecule has 192 valence electrons. The fourth-order valence-electron chi connectivity index (χ4n) is 4.48. The number of anilines is 2. The molecule has 11 heteroatoms. The summed E-state index contributed by atoms with van der Waals surface area (Å²) in [5, 5.41) is 5.50. The molecule has 2 amide bonds. The highest BCUT2D eigenvalue weighted by Crippen LogP contribution is 2.41. The highest BCUT2D eigenvalue weighted by molar-refractivity contribution is 6.03. The first-order valence-electron chi connectivity index (χ1n) is 11.7. The number of fused-ring (bicyclic) bond motifs is 1. The number of nitrogens with zero attached hydrogens (tertiary/aromatic N) is 2. The molecular formula is C26H23F3N4O4. The number of carbonyl (C=O) groups is 2. The Hall–Kier alpha value is -3.99. The molecule has 1 aromatic heterocycles. The molecule has 2 aliphatic heterocycles. The van der Waals surface area contributed by atoms with Gasteiger partial charge in [0, 0.05) is 24.7 Å². The molecule has 1 fully saturated rings. The lowest BCUT2D eigenvalue weighted by molar-refractivity contribution is -0.145. The first-order chi connectivity index (χ1) is 17.6. The first kappa shape index (κ1) is 24.7. The van der Waals surface area contributed by atoms with Crippen molar-refractivity contribution < 1.29 is 32.2 Å². The second-order valence-corrected chi connectivity index (χ2v) is 9.08. The number of nitrogens with one attached hydrogen (secondary N) is 2. The van der Waals surface area contributed by atoms with E-state index in [-0.39, 0.29) is 12.3 Å². The number of hydrogen-bond acceptors (Lipinski definition) is 6. The van der Waals surface area contributed by atoms with Gasteiger partial charge in [-0.05, 0) is 53.9 Å². The molecule has 0 radical (unpaired) electrons. The second-order valence-electron chi connectivity index (χ2n) is 9.08. The van der Waals surface area contributed by atoms with Crippen LogP contribution in [0.25, 0.3) is 11.1 Å². The third-order valence-electron chi connectivity index (χ3n) is 6.42. The van der Waals surface area contributed by atoms with Crippen LogP contribution in [0.1, 0.15) is 41.1 Å². The molecule has 0 atom stereocenters. The maximum Gasteiger partial charge on any atom is 0.451 e. The summed E-state index contributed by atoms with van der Waals surface area (Å²) in [4.78, 5) is 31.7. The summed E-state index contributed by atoms with van der Waals surface area (Å²) in [6.45, 7) is 2.93. The van der Waals surface area contributed by atoms with E-state index in [0.717, 1.165) is 29.0 Å². The second kappa shape index (κ2) is 9.47. The summed E-state index contributed by atoms with van der Waals surface area (Å²) in [7, 11) is 0. The van der Waals surface area contributed by atoms with Crippen LogP contribution in [0.2, 0.25) is 0 Å². The summed E-state index contributed by atoms with van der Waals surface area (Å²) in [6, 6.07) is 11.7. The van der Waals surface area contributed by atoms with Gasteiger partial charge in [0.2, 0.25) is 11.7 Å². The van der Waals surface area contributed by atoms with Crippen LogP contribution in [-0.2, 0) is 15.7 Å². The van der Waals surface area contributed by atoms with Crippen LogP contribution in [0.5, 0.6) is 5.75 Å². The molecule has 5 rings (SSSR count). The Morgan fingerprint density at radius 1 is 1.11 bits per heavy atom. The van der Waals surface area contributed by atoms with Gasteiger partial charge < -0.3 is 20.1 Å². The number of aromatic nitrogens is 2. The van der Waals surface area contributed by atoms with Gasteiger partial charge in [0.1, 0.15) is 17.0 Å². The minimum Gasteiger partial charge on any atom is -0.484 e. The van der Waals surface area contributed by atoms with Crippen molar-refractivity contribution in [3.63, 3.8) is 0 Å². The van der Waals surface area contributed by atoms with E-state index in [9.17, 15) is 22.8 Å². The van der Waals surface area contributed by atoms with Gasteiger partial charge in [-0.15, -0.1) is 0 Å². The minimum absolute atomic E-state index is 0.118. The molecule has 2 aromatic carbocycles. The van der Waals surface area contributed by atoms with Crippen LogP contribution in [0.3, 0.4) is 0 Å². The molecular weight excluding hydrogens is 489 g/mol. The van der Waals surface area contributed by atoms with Gasteiger partial charge in [0.25, 0.3) is 5.91 Å². The largest absolute Gasteiger partial charge is 0.484 e. The van der Waals surface area contributed by atoms with Crippen molar-refractivity contribution in [2.45, 2.75) is 38.0 Å². The maximum absolute atomic E-state index is 12.9. The van der Waals surface area contributed by atoms with Crippen LogP contribution < -0.4 is 15.4 Å². The number of halogens is 3. The molecule has 37 heavy (non-hydrogen) atoms. The van der Waals surface area contributed by atoms with E-state index in [0.29, 0.717) is 43.2 Å². The Kier molecular flexibility index (Phi) is 6.32. The lowest BCUT2D eigenvalue weighted by Crippen LogP contribution is -2.43. The minimum atomic E-state index is -4.76. The van der Waals surface area contributed by atoms with Crippen molar-refractivity contribution in [2.24, 2.45) is 0 Å². The molecule has 1 saturated heterocycles. The standard InChI is InChI=1S/C26H23F3N4O4/c1-15-2-4-17(31-23(35)20-6-9-30-24(33-20)26(27,28)29)13-18(15)16-3-5-19-21(12-16)37-25(14-22(34)32-19)7-10-36-11-8-25/h2-6,9,12-13H,7-8,10-11,14H2,1H3,(H,31,35)(H,32,34). The van der Waals surface area contributed by atoms with Crippen LogP contribution in [0.4, 0.5) is 24.5 Å². The molecule has 2 aliphatic rings. The molecule has 2 N–H and O–H groups in total. The highest BCUT2D eigenvalue weighted by atomic mass is 19.4. The van der Waals surface area contributed by atoms with Gasteiger partial charge in [-0.3, -0.25) is 9.59 Å². The number of hydrogen-bond donors (Lipinski definition) is 2. The van der Waals surface area contributed by atoms with Crippen molar-refractivity contribution in [3.05, 3.63) is 65.7 Å². The van der Waals surface area contributed by atoms with Crippen molar-refractivity contribution in [1.82, 2.24) is 9.97 Å². The van der Waals surface area contributed by atoms with E-state index in [2.05, 4.69) is 20.6 Å². The van der Waals surface area contributed by atoms with Gasteiger partial charge in [-0.2, -0.15) is 13.2 Å². The average Bonchev–Trinajstić information content (AvgIpc) is 2.99. The number of alkyl halides is 3. The number of ether oxygens (including phenoxy) is 2. The van der Waals surface area contributed by atoms with Gasteiger partial charge >= 0.3 is 6.18 Å². The fourth-order valence-corrected chi connectivity index (χ4v) is 4.48. The van der Waals surface area contributed by atoms with Crippen LogP contribution >= 0.6 is 0 Å².